The third-order valence-corrected chi connectivity index (χ3v) is 11.0. The maximum Gasteiger partial charge on any atom is 0.308 e. The molecule has 1 N–H and O–H groups in total. The zero-order valence-electron chi connectivity index (χ0n) is 25.9. The second-order valence-corrected chi connectivity index (χ2v) is 13.0. The van der Waals surface area contributed by atoms with E-state index in [1.54, 1.807) is 62.8 Å². The number of hydrogen-bond donors (Lipinski definition) is 1. The number of carbonyl (C=O) groups excluding carboxylic acids is 3. The summed E-state index contributed by atoms with van der Waals surface area (Å²) in [4.78, 5) is 58.7. The third kappa shape index (κ3) is 5.67. The second-order valence-electron chi connectivity index (χ2n) is 10.9. The van der Waals surface area contributed by atoms with Gasteiger partial charge in [-0.15, -0.1) is 0 Å². The summed E-state index contributed by atoms with van der Waals surface area (Å²) in [6.45, 7) is 5.64. The Balaban J connectivity index is 1.39. The van der Waals surface area contributed by atoms with E-state index in [1.165, 1.54) is 21.2 Å². The fourth-order valence-electron chi connectivity index (χ4n) is 6.10. The van der Waals surface area contributed by atoms with Crippen LogP contribution in [0.3, 0.4) is 0 Å². The molecule has 0 saturated carbocycles. The van der Waals surface area contributed by atoms with Crippen molar-refractivity contribution < 1.29 is 23.9 Å². The van der Waals surface area contributed by atoms with Gasteiger partial charge in [-0.1, -0.05) is 35.2 Å². The quantitative estimate of drug-likeness (QED) is 0.232. The summed E-state index contributed by atoms with van der Waals surface area (Å²) in [5.41, 5.74) is 2.90. The zero-order chi connectivity index (χ0) is 32.5. The van der Waals surface area contributed by atoms with Gasteiger partial charge in [-0.2, -0.15) is 0 Å². The highest BCUT2D eigenvalue weighted by molar-refractivity contribution is 8.00. The van der Waals surface area contributed by atoms with Gasteiger partial charge in [0.05, 0.1) is 30.9 Å². The van der Waals surface area contributed by atoms with Crippen molar-refractivity contribution in [3.8, 4) is 11.5 Å². The van der Waals surface area contributed by atoms with Crippen LogP contribution in [-0.2, 0) is 20.9 Å². The molecule has 2 aliphatic rings. The van der Waals surface area contributed by atoms with Crippen LogP contribution in [0.1, 0.15) is 30.2 Å². The van der Waals surface area contributed by atoms with E-state index in [4.69, 9.17) is 9.47 Å². The van der Waals surface area contributed by atoms with Gasteiger partial charge in [0.25, 0.3) is 0 Å². The summed E-state index contributed by atoms with van der Waals surface area (Å²) >= 11 is 2.22. The lowest BCUT2D eigenvalue weighted by atomic mass is 9.83. The molecule has 0 spiro atoms. The van der Waals surface area contributed by atoms with Crippen LogP contribution in [-0.4, -0.2) is 54.8 Å². The number of imide groups is 1. The number of thioether (sulfide) groups is 1. The van der Waals surface area contributed by atoms with E-state index in [0.717, 1.165) is 35.7 Å². The number of benzene rings is 3. The summed E-state index contributed by atoms with van der Waals surface area (Å²) in [7, 11) is 3.12. The lowest BCUT2D eigenvalue weighted by molar-refractivity contribution is -0.122. The molecular weight excluding hydrogens is 625 g/mol. The number of rotatable bonds is 10. The van der Waals surface area contributed by atoms with Crippen LogP contribution in [0.2, 0.25) is 0 Å². The standard InChI is InChI=1S/C34H34N4O6S2/c1-5-36(6-2)22-11-7-20(8-12-22)27-28-29(32(41)38(31(28)40)23-13-17-25(44-4)18-14-23)45-33-30(27)46-34(42)37(33)19-26(39)35-21-9-15-24(43-3)16-10-21/h7-18,27-29H,5-6,19H2,1-4H3,(H,35,39). The van der Waals surface area contributed by atoms with Crippen LogP contribution in [0.4, 0.5) is 17.1 Å². The molecule has 12 heteroatoms. The first-order valence-electron chi connectivity index (χ1n) is 15.0. The number of hydrogen-bond acceptors (Lipinski definition) is 9. The molecule has 3 amide bonds. The lowest BCUT2D eigenvalue weighted by Gasteiger charge is -2.31. The van der Waals surface area contributed by atoms with Gasteiger partial charge in [-0.05, 0) is 80.1 Å². The smallest absolute Gasteiger partial charge is 0.308 e. The summed E-state index contributed by atoms with van der Waals surface area (Å²) < 4.78 is 11.9. The van der Waals surface area contributed by atoms with E-state index in [2.05, 4.69) is 24.1 Å². The van der Waals surface area contributed by atoms with E-state index in [1.807, 2.05) is 24.3 Å². The van der Waals surface area contributed by atoms with Crippen LogP contribution in [0.5, 0.6) is 11.5 Å². The number of carbonyl (C=O) groups is 3. The van der Waals surface area contributed by atoms with Crippen molar-refractivity contribution in [2.24, 2.45) is 5.92 Å². The van der Waals surface area contributed by atoms with Gasteiger partial charge < -0.3 is 19.7 Å². The number of thiazole rings is 1. The number of ether oxygens (including phenoxy) is 2. The molecular formula is C34H34N4O6S2. The summed E-state index contributed by atoms with van der Waals surface area (Å²) in [6.07, 6.45) is 0. The van der Waals surface area contributed by atoms with Crippen LogP contribution in [0.15, 0.2) is 82.6 Å². The van der Waals surface area contributed by atoms with E-state index in [-0.39, 0.29) is 29.1 Å². The maximum absolute atomic E-state index is 14.2. The first-order valence-corrected chi connectivity index (χ1v) is 16.7. The second kappa shape index (κ2) is 13.1. The molecule has 10 nitrogen and oxygen atoms in total. The number of nitrogens with zero attached hydrogens (tertiary/aromatic N) is 3. The molecule has 2 aliphatic heterocycles. The average Bonchev–Trinajstić information content (AvgIpc) is 3.52. The van der Waals surface area contributed by atoms with Crippen LogP contribution in [0, 0.1) is 5.92 Å². The van der Waals surface area contributed by atoms with E-state index in [0.29, 0.717) is 32.8 Å². The molecule has 3 unspecified atom stereocenters. The molecule has 0 radical (unpaired) electrons. The number of methoxy groups -OCH3 is 2. The predicted molar refractivity (Wildman–Crippen MR) is 181 cm³/mol. The number of nitrogens with one attached hydrogen (secondary N) is 1. The Kier molecular flexibility index (Phi) is 8.92. The SMILES string of the molecule is CCN(CC)c1ccc(C2c3sc(=O)n(CC(=O)Nc4ccc(OC)cc4)c3SC3C(=O)N(c4ccc(OC)cc4)C(=O)C32)cc1. The molecule has 46 heavy (non-hydrogen) atoms. The molecule has 3 aromatic carbocycles. The number of amides is 3. The molecule has 0 aliphatic carbocycles. The molecule has 3 heterocycles. The normalized spacial score (nSPS) is 18.6. The summed E-state index contributed by atoms with van der Waals surface area (Å²) in [5, 5.41) is 2.59. The number of anilines is 3. The van der Waals surface area contributed by atoms with Crippen LogP contribution < -0.4 is 29.5 Å². The molecule has 4 aromatic rings. The van der Waals surface area contributed by atoms with Crippen LogP contribution >= 0.6 is 23.1 Å². The Labute approximate surface area is 274 Å². The van der Waals surface area contributed by atoms with Crippen molar-refractivity contribution in [1.29, 1.82) is 0 Å². The van der Waals surface area contributed by atoms with Gasteiger partial charge in [-0.3, -0.25) is 23.7 Å². The Morgan fingerprint density at radius 3 is 2.04 bits per heavy atom. The minimum Gasteiger partial charge on any atom is -0.497 e. The van der Waals surface area contributed by atoms with Crippen molar-refractivity contribution in [3.05, 3.63) is 92.9 Å². The topological polar surface area (TPSA) is 110 Å². The average molecular weight is 659 g/mol. The van der Waals surface area contributed by atoms with Crippen molar-refractivity contribution in [2.45, 2.75) is 36.6 Å². The monoisotopic (exact) mass is 658 g/mol. The largest absolute Gasteiger partial charge is 0.497 e. The highest BCUT2D eigenvalue weighted by atomic mass is 32.2. The van der Waals surface area contributed by atoms with Gasteiger partial charge in [-0.25, -0.2) is 4.90 Å². The van der Waals surface area contributed by atoms with Crippen molar-refractivity contribution in [2.75, 3.05) is 42.4 Å². The van der Waals surface area contributed by atoms with Gasteiger partial charge in [0, 0.05) is 35.3 Å². The highest BCUT2D eigenvalue weighted by Gasteiger charge is 2.56. The first-order chi connectivity index (χ1) is 22.3. The Hall–Kier alpha value is -4.55. The van der Waals surface area contributed by atoms with Gasteiger partial charge >= 0.3 is 4.87 Å². The molecule has 1 aromatic heterocycles. The Bertz CT molecular complexity index is 1810. The van der Waals surface area contributed by atoms with E-state index in [9.17, 15) is 19.2 Å². The number of fused-ring (bicyclic) bond motifs is 2. The molecule has 0 bridgehead atoms. The fraction of sp³-hybridized carbons (Fsp3) is 0.294. The summed E-state index contributed by atoms with van der Waals surface area (Å²) in [6, 6.07) is 21.7. The Morgan fingerprint density at radius 1 is 0.848 bits per heavy atom. The molecule has 6 rings (SSSR count). The molecule has 1 fully saturated rings. The van der Waals surface area contributed by atoms with E-state index < -0.39 is 17.1 Å². The number of aromatic nitrogens is 1. The third-order valence-electron chi connectivity index (χ3n) is 8.44. The van der Waals surface area contributed by atoms with Crippen molar-refractivity contribution >= 4 is 57.9 Å². The van der Waals surface area contributed by atoms with Gasteiger partial charge in [0.1, 0.15) is 23.3 Å². The fourth-order valence-corrected chi connectivity index (χ4v) is 8.87. The predicted octanol–water partition coefficient (Wildman–Crippen LogP) is 5.21. The Morgan fingerprint density at radius 2 is 1.46 bits per heavy atom. The van der Waals surface area contributed by atoms with Crippen molar-refractivity contribution in [1.82, 2.24) is 4.57 Å². The summed E-state index contributed by atoms with van der Waals surface area (Å²) in [5.74, 6) is -1.07. The first kappa shape index (κ1) is 31.4. The van der Waals surface area contributed by atoms with Gasteiger partial charge in [0.2, 0.25) is 17.7 Å². The highest BCUT2D eigenvalue weighted by Crippen LogP contribution is 2.54. The minimum atomic E-state index is -0.778. The molecule has 1 saturated heterocycles. The van der Waals surface area contributed by atoms with Gasteiger partial charge in [0.15, 0.2) is 0 Å². The minimum absolute atomic E-state index is 0.237. The maximum atomic E-state index is 14.2. The van der Waals surface area contributed by atoms with Crippen molar-refractivity contribution in [3.63, 3.8) is 0 Å². The molecule has 238 valence electrons. The van der Waals surface area contributed by atoms with Crippen LogP contribution in [0.25, 0.3) is 0 Å². The van der Waals surface area contributed by atoms with E-state index >= 15 is 0 Å². The zero-order valence-corrected chi connectivity index (χ0v) is 27.5. The molecule has 3 atom stereocenters. The lowest BCUT2D eigenvalue weighted by Crippen LogP contribution is -2.33.